The molecule has 0 saturated carbocycles. The van der Waals surface area contributed by atoms with Crippen LogP contribution >= 0.6 is 15.9 Å². The molecule has 0 radical (unpaired) electrons. The Bertz CT molecular complexity index is 362. The van der Waals surface area contributed by atoms with Crippen LogP contribution in [-0.2, 0) is 0 Å². The van der Waals surface area contributed by atoms with Crippen molar-refractivity contribution in [1.29, 1.82) is 0 Å². The predicted octanol–water partition coefficient (Wildman–Crippen LogP) is 2.52. The first-order valence-electron chi connectivity index (χ1n) is 5.74. The number of carbonyl (C=O) groups excluding carboxylic acids is 1. The van der Waals surface area contributed by atoms with Crippen molar-refractivity contribution in [2.24, 2.45) is 0 Å². The maximum atomic E-state index is 11.8. The van der Waals surface area contributed by atoms with Gasteiger partial charge < -0.3 is 10.2 Å². The fourth-order valence-corrected chi connectivity index (χ4v) is 1.57. The molecule has 0 fully saturated rings. The van der Waals surface area contributed by atoms with Crippen LogP contribution in [0.5, 0.6) is 0 Å². The van der Waals surface area contributed by atoms with Crippen molar-refractivity contribution in [3.8, 4) is 0 Å². The summed E-state index contributed by atoms with van der Waals surface area (Å²) in [6.07, 6.45) is 0. The molecule has 1 aromatic rings. The van der Waals surface area contributed by atoms with Crippen LogP contribution < -0.4 is 5.32 Å². The molecule has 0 aliphatic rings. The Morgan fingerprint density at radius 2 is 1.94 bits per heavy atom. The fourth-order valence-electron chi connectivity index (χ4n) is 1.31. The Labute approximate surface area is 111 Å². The molecule has 1 amide bonds. The number of carbonyl (C=O) groups is 1. The molecule has 1 aromatic carbocycles. The lowest BCUT2D eigenvalue weighted by Gasteiger charge is -2.20. The second-order valence-corrected chi connectivity index (χ2v) is 5.25. The van der Waals surface area contributed by atoms with Gasteiger partial charge in [-0.25, -0.2) is 0 Å². The van der Waals surface area contributed by atoms with Crippen LogP contribution in [0.2, 0.25) is 0 Å². The summed E-state index contributed by atoms with van der Waals surface area (Å²) < 4.78 is 0.980. The van der Waals surface area contributed by atoms with Crippen LogP contribution in [0.25, 0.3) is 0 Å². The number of nitrogens with one attached hydrogen (secondary N) is 1. The highest BCUT2D eigenvalue weighted by molar-refractivity contribution is 9.10. The Balaban J connectivity index is 2.37. The summed E-state index contributed by atoms with van der Waals surface area (Å²) >= 11 is 3.34. The monoisotopic (exact) mass is 298 g/mol. The second-order valence-electron chi connectivity index (χ2n) is 4.34. The molecule has 0 bridgehead atoms. The SMILES string of the molecule is CC(C)N(C)CCNC(=O)c1ccc(Br)cc1. The number of likely N-dealkylation sites (N-methyl/N-ethyl adjacent to an activating group) is 1. The largest absolute Gasteiger partial charge is 0.351 e. The molecule has 0 spiro atoms. The highest BCUT2D eigenvalue weighted by Gasteiger charge is 2.06. The van der Waals surface area contributed by atoms with E-state index in [0.717, 1.165) is 11.0 Å². The van der Waals surface area contributed by atoms with Crippen molar-refractivity contribution in [3.63, 3.8) is 0 Å². The van der Waals surface area contributed by atoms with Gasteiger partial charge >= 0.3 is 0 Å². The quantitative estimate of drug-likeness (QED) is 0.906. The smallest absolute Gasteiger partial charge is 0.251 e. The highest BCUT2D eigenvalue weighted by Crippen LogP contribution is 2.10. The van der Waals surface area contributed by atoms with Crippen molar-refractivity contribution in [3.05, 3.63) is 34.3 Å². The molecule has 0 unspecified atom stereocenters. The van der Waals surface area contributed by atoms with E-state index in [1.54, 1.807) is 0 Å². The number of nitrogens with zero attached hydrogens (tertiary/aromatic N) is 1. The number of hydrogen-bond acceptors (Lipinski definition) is 2. The molecule has 3 nitrogen and oxygen atoms in total. The fraction of sp³-hybridized carbons (Fsp3) is 0.462. The summed E-state index contributed by atoms with van der Waals surface area (Å²) in [4.78, 5) is 14.0. The molecule has 1 rings (SSSR count). The molecule has 0 saturated heterocycles. The Hall–Kier alpha value is -0.870. The van der Waals surface area contributed by atoms with Gasteiger partial charge in [0.2, 0.25) is 0 Å². The van der Waals surface area contributed by atoms with Crippen LogP contribution in [0.4, 0.5) is 0 Å². The van der Waals surface area contributed by atoms with E-state index in [0.29, 0.717) is 18.2 Å². The van der Waals surface area contributed by atoms with Crippen molar-refractivity contribution in [2.75, 3.05) is 20.1 Å². The molecule has 0 atom stereocenters. The zero-order valence-electron chi connectivity index (χ0n) is 10.5. The second kappa shape index (κ2) is 6.77. The molecule has 1 N–H and O–H groups in total. The molecule has 0 aliphatic heterocycles. The van der Waals surface area contributed by atoms with Crippen LogP contribution in [0.3, 0.4) is 0 Å². The molecule has 0 heterocycles. The lowest BCUT2D eigenvalue weighted by molar-refractivity contribution is 0.0948. The summed E-state index contributed by atoms with van der Waals surface area (Å²) in [5, 5.41) is 2.91. The van der Waals surface area contributed by atoms with Crippen LogP contribution in [0, 0.1) is 0 Å². The van der Waals surface area contributed by atoms with Crippen LogP contribution in [-0.4, -0.2) is 37.0 Å². The maximum Gasteiger partial charge on any atom is 0.251 e. The van der Waals surface area contributed by atoms with E-state index in [-0.39, 0.29) is 5.91 Å². The van der Waals surface area contributed by atoms with Gasteiger partial charge in [0.1, 0.15) is 0 Å². The standard InChI is InChI=1S/C13H19BrN2O/c1-10(2)16(3)9-8-15-13(17)11-4-6-12(14)7-5-11/h4-7,10H,8-9H2,1-3H3,(H,15,17). The van der Waals surface area contributed by atoms with Gasteiger partial charge in [0, 0.05) is 29.2 Å². The van der Waals surface area contributed by atoms with Gasteiger partial charge in [-0.05, 0) is 45.2 Å². The van der Waals surface area contributed by atoms with E-state index in [9.17, 15) is 4.79 Å². The Morgan fingerprint density at radius 1 is 1.35 bits per heavy atom. The van der Waals surface area contributed by atoms with E-state index in [2.05, 4.69) is 47.0 Å². The van der Waals surface area contributed by atoms with Gasteiger partial charge in [-0.1, -0.05) is 15.9 Å². The van der Waals surface area contributed by atoms with Gasteiger partial charge in [-0.15, -0.1) is 0 Å². The van der Waals surface area contributed by atoms with Crippen molar-refractivity contribution >= 4 is 21.8 Å². The lowest BCUT2D eigenvalue weighted by atomic mass is 10.2. The van der Waals surface area contributed by atoms with Gasteiger partial charge in [-0.3, -0.25) is 4.79 Å². The van der Waals surface area contributed by atoms with Crippen LogP contribution in [0.1, 0.15) is 24.2 Å². The topological polar surface area (TPSA) is 32.3 Å². The molecular formula is C13H19BrN2O. The normalized spacial score (nSPS) is 10.9. The number of rotatable bonds is 5. The van der Waals surface area contributed by atoms with Gasteiger partial charge in [0.05, 0.1) is 0 Å². The number of amides is 1. The van der Waals surface area contributed by atoms with E-state index < -0.39 is 0 Å². The Morgan fingerprint density at radius 3 is 2.47 bits per heavy atom. The lowest BCUT2D eigenvalue weighted by Crippen LogP contribution is -2.36. The van der Waals surface area contributed by atoms with Crippen molar-refractivity contribution < 1.29 is 4.79 Å². The zero-order valence-corrected chi connectivity index (χ0v) is 12.1. The van der Waals surface area contributed by atoms with Crippen molar-refractivity contribution in [2.45, 2.75) is 19.9 Å². The molecule has 0 aromatic heterocycles. The Kier molecular flexibility index (Phi) is 5.65. The first-order chi connectivity index (χ1) is 8.00. The van der Waals surface area contributed by atoms with E-state index >= 15 is 0 Å². The van der Waals surface area contributed by atoms with Crippen molar-refractivity contribution in [1.82, 2.24) is 10.2 Å². The first kappa shape index (κ1) is 14.2. The third-order valence-electron chi connectivity index (χ3n) is 2.74. The average molecular weight is 299 g/mol. The summed E-state index contributed by atoms with van der Waals surface area (Å²) in [5.74, 6) is -0.0188. The molecule has 94 valence electrons. The minimum atomic E-state index is -0.0188. The molecular weight excluding hydrogens is 280 g/mol. The van der Waals surface area contributed by atoms with E-state index in [1.165, 1.54) is 0 Å². The highest BCUT2D eigenvalue weighted by atomic mass is 79.9. The number of benzene rings is 1. The third kappa shape index (κ3) is 4.88. The van der Waals surface area contributed by atoms with Gasteiger partial charge in [0.15, 0.2) is 0 Å². The average Bonchev–Trinajstić information content (AvgIpc) is 2.29. The summed E-state index contributed by atoms with van der Waals surface area (Å²) in [5.41, 5.74) is 0.695. The third-order valence-corrected chi connectivity index (χ3v) is 3.27. The summed E-state index contributed by atoms with van der Waals surface area (Å²) in [7, 11) is 2.05. The summed E-state index contributed by atoms with van der Waals surface area (Å²) in [6.45, 7) is 5.80. The molecule has 4 heteroatoms. The summed E-state index contributed by atoms with van der Waals surface area (Å²) in [6, 6.07) is 7.86. The predicted molar refractivity (Wildman–Crippen MR) is 74.2 cm³/mol. The maximum absolute atomic E-state index is 11.8. The van der Waals surface area contributed by atoms with E-state index in [1.807, 2.05) is 24.3 Å². The van der Waals surface area contributed by atoms with Crippen LogP contribution in [0.15, 0.2) is 28.7 Å². The molecule has 0 aliphatic carbocycles. The number of hydrogen-bond donors (Lipinski definition) is 1. The van der Waals surface area contributed by atoms with E-state index in [4.69, 9.17) is 0 Å². The zero-order chi connectivity index (χ0) is 12.8. The minimum Gasteiger partial charge on any atom is -0.351 e. The van der Waals surface area contributed by atoms with Gasteiger partial charge in [0.25, 0.3) is 5.91 Å². The van der Waals surface area contributed by atoms with Gasteiger partial charge in [-0.2, -0.15) is 0 Å². The minimum absolute atomic E-state index is 0.0188. The first-order valence-corrected chi connectivity index (χ1v) is 6.54. The molecule has 17 heavy (non-hydrogen) atoms. The number of halogens is 1.